The molecule has 0 fully saturated rings. The summed E-state index contributed by atoms with van der Waals surface area (Å²) >= 11 is 0. The molecular weight excluding hydrogens is 1380 g/mol. The van der Waals surface area contributed by atoms with Crippen molar-refractivity contribution < 1.29 is 87.1 Å². The number of aromatic nitrogens is 2. The zero-order chi connectivity index (χ0) is 77.7. The molecular formula is C74H91FN14O17. The van der Waals surface area contributed by atoms with Crippen LogP contribution in [0.25, 0.3) is 22.3 Å². The summed E-state index contributed by atoms with van der Waals surface area (Å²) in [6.07, 6.45) is -0.774. The number of primary amides is 1. The lowest BCUT2D eigenvalue weighted by Crippen LogP contribution is -2.62. The lowest BCUT2D eigenvalue weighted by Gasteiger charge is -2.28. The van der Waals surface area contributed by atoms with E-state index in [0.29, 0.717) is 23.2 Å². The van der Waals surface area contributed by atoms with Gasteiger partial charge in [0.05, 0.1) is 44.5 Å². The second kappa shape index (κ2) is 40.9. The van der Waals surface area contributed by atoms with E-state index in [1.54, 1.807) is 43.3 Å². The third-order valence-corrected chi connectivity index (χ3v) is 17.2. The predicted octanol–water partition coefficient (Wildman–Crippen LogP) is -0.151. The lowest BCUT2D eigenvalue weighted by molar-refractivity contribution is -0.142. The predicted molar refractivity (Wildman–Crippen MR) is 384 cm³/mol. The Kier molecular flexibility index (Phi) is 32.1. The quantitative estimate of drug-likeness (QED) is 0.0237. The number of imidazole rings is 1. The number of nitrogens with one attached hydrogen (secondary N) is 11. The average molecular weight is 1470 g/mol. The lowest BCUT2D eigenvalue weighted by atomic mass is 9.95. The largest absolute Gasteiger partial charge is 0.481 e. The minimum absolute atomic E-state index is 0.0251. The number of aryl methyl sites for hydroxylation is 2. The number of carbonyl (C=O) groups excluding carboxylic acids is 11. The van der Waals surface area contributed by atoms with Crippen LogP contribution in [0.1, 0.15) is 93.3 Å². The summed E-state index contributed by atoms with van der Waals surface area (Å²) in [4.78, 5) is 182. The number of carboxylic acid groups (broad SMARTS) is 2. The number of rotatable bonds is 41. The maximum atomic E-state index is 15.3. The molecule has 6 rings (SSSR count). The molecule has 31 nitrogen and oxygen atoms in total. The number of nitrogens with zero attached hydrogens (tertiary/aromatic N) is 1. The number of carbonyl (C=O) groups is 13. The first-order chi connectivity index (χ1) is 50.5. The fourth-order valence-electron chi connectivity index (χ4n) is 11.2. The van der Waals surface area contributed by atoms with Crippen LogP contribution in [0.15, 0.2) is 134 Å². The van der Waals surface area contributed by atoms with Gasteiger partial charge in [0.2, 0.25) is 65.0 Å². The van der Waals surface area contributed by atoms with Crippen LogP contribution in [0.2, 0.25) is 0 Å². The second-order valence-corrected chi connectivity index (χ2v) is 25.4. The van der Waals surface area contributed by atoms with Gasteiger partial charge in [-0.2, -0.15) is 0 Å². The van der Waals surface area contributed by atoms with E-state index in [4.69, 9.17) is 11.5 Å². The summed E-state index contributed by atoms with van der Waals surface area (Å²) < 4.78 is 15.3. The van der Waals surface area contributed by atoms with Crippen molar-refractivity contribution in [3.8, 4) is 22.3 Å². The molecule has 1 aromatic heterocycles. The molecule has 0 bridgehead atoms. The number of benzene rings is 5. The van der Waals surface area contributed by atoms with E-state index in [0.717, 1.165) is 52.8 Å². The molecule has 11 amide bonds. The summed E-state index contributed by atoms with van der Waals surface area (Å²) in [6.45, 7) is 5.84. The SMILES string of the molecule is CCCC[C@H](NC(=O)CNC(=O)[C@H](CC(=O)O)NC(=O)[C@H](C)NC(=O)[C@@H](N)Cc1cnc[nH]1)C(=O)N[C@@H](Cc1ccccc1F)C(=O)N[C@H](C(=O)N[C@@H](CO)C(=O)N[C@@H](CC(=O)O)C(=O)N[C@@H](Cc1ccc(-c2ccccc2CC)cc1)C(=O)N[C@@H](Cc1ccc(-c2ccccc2C)cc1)C(N)=O)[C@@H](C)O. The topological polar surface area (TPSA) is 504 Å². The van der Waals surface area contributed by atoms with Gasteiger partial charge in [-0.05, 0) is 89.8 Å². The number of nitrogens with two attached hydrogens (primary N) is 2. The molecule has 0 spiro atoms. The number of amides is 11. The van der Waals surface area contributed by atoms with Gasteiger partial charge in [-0.3, -0.25) is 62.3 Å². The zero-order valence-electron chi connectivity index (χ0n) is 59.1. The Bertz CT molecular complexity index is 4070. The number of aromatic amines is 1. The Hall–Kier alpha value is -11.8. The van der Waals surface area contributed by atoms with Crippen LogP contribution in [0.3, 0.4) is 0 Å². The van der Waals surface area contributed by atoms with Crippen molar-refractivity contribution in [3.05, 3.63) is 173 Å². The first kappa shape index (κ1) is 83.2. The number of H-pyrrole nitrogens is 1. The van der Waals surface area contributed by atoms with Crippen molar-refractivity contribution in [2.45, 2.75) is 165 Å². The highest BCUT2D eigenvalue weighted by Crippen LogP contribution is 2.26. The number of aliphatic hydroxyl groups excluding tert-OH is 2. The molecule has 106 heavy (non-hydrogen) atoms. The van der Waals surface area contributed by atoms with Crippen LogP contribution in [0, 0.1) is 12.7 Å². The van der Waals surface area contributed by atoms with Gasteiger partial charge in [0.1, 0.15) is 60.2 Å². The van der Waals surface area contributed by atoms with E-state index < -0.39 is 182 Å². The van der Waals surface area contributed by atoms with E-state index in [1.165, 1.54) is 37.6 Å². The molecule has 0 radical (unpaired) electrons. The summed E-state index contributed by atoms with van der Waals surface area (Å²) in [6, 6.07) is 18.1. The Morgan fingerprint density at radius 2 is 1.01 bits per heavy atom. The first-order valence-electron chi connectivity index (χ1n) is 34.3. The minimum atomic E-state index is -2.07. The molecule has 0 unspecified atom stereocenters. The molecule has 0 aliphatic carbocycles. The molecule has 0 saturated heterocycles. The molecule has 6 aromatic rings. The number of unbranched alkanes of at least 4 members (excludes halogenated alkanes) is 1. The van der Waals surface area contributed by atoms with Crippen LogP contribution in [-0.2, 0) is 94.4 Å². The van der Waals surface area contributed by atoms with Crippen molar-refractivity contribution in [1.29, 1.82) is 0 Å². The van der Waals surface area contributed by atoms with Gasteiger partial charge in [-0.15, -0.1) is 0 Å². The number of carboxylic acids is 2. The fraction of sp³-hybridized carbons (Fsp3) is 0.378. The molecule has 0 saturated carbocycles. The van der Waals surface area contributed by atoms with E-state index >= 15 is 4.39 Å². The highest BCUT2D eigenvalue weighted by Gasteiger charge is 2.37. The molecule has 0 aliphatic heterocycles. The molecule has 566 valence electrons. The number of aliphatic carboxylic acids is 2. The third kappa shape index (κ3) is 25.6. The van der Waals surface area contributed by atoms with Crippen molar-refractivity contribution >= 4 is 76.9 Å². The van der Waals surface area contributed by atoms with Gasteiger partial charge >= 0.3 is 11.9 Å². The average Bonchev–Trinajstić information content (AvgIpc) is 0.882. The van der Waals surface area contributed by atoms with Gasteiger partial charge < -0.3 is 90.0 Å². The molecule has 11 atom stereocenters. The van der Waals surface area contributed by atoms with E-state index in [-0.39, 0.29) is 37.7 Å². The molecule has 0 aliphatic rings. The zero-order valence-corrected chi connectivity index (χ0v) is 59.1. The number of halogens is 1. The number of hydrogen-bond donors (Lipinski definition) is 17. The van der Waals surface area contributed by atoms with Crippen LogP contribution in [0.4, 0.5) is 4.39 Å². The number of aliphatic hydroxyl groups is 2. The monoisotopic (exact) mass is 1470 g/mol. The second-order valence-electron chi connectivity index (χ2n) is 25.4. The smallest absolute Gasteiger partial charge is 0.305 e. The standard InChI is InChI=1S/C74H91FN14O17/c1-6-8-21-54(82-61(92)37-79-68(100)58(34-62(93)94)84-66(98)41(4)81-67(99)53(76)33-49-36-78-39-80-49)69(101)86-57(32-48-17-11-14-20-52(48)75)72(104)89-64(42(5)91)74(106)88-60(38-90)73(105)87-59(35-63(95)96)71(103)85-56(31-44-24-28-47(29-25-44)51-19-13-10-16-45(51)7-2)70(102)83-55(65(77)97)30-43-22-26-46(27-23-43)50-18-12-9-15-40(50)3/h9-20,22-29,36,39,41-42,53-60,64,90-91H,6-8,21,30-35,37-38,76H2,1-5H3,(H2,77,97)(H,78,80)(H,79,100)(H,81,99)(H,82,92)(H,83,102)(H,84,98)(H,85,103)(H,86,101)(H,87,105)(H,88,106)(H,89,104)(H,93,94)(H,95,96)/t41-,42+,53-,54-,55-,56-,57-,58-,59-,60-,64-/m0/s1. The van der Waals surface area contributed by atoms with Gasteiger partial charge in [0, 0.05) is 37.6 Å². The van der Waals surface area contributed by atoms with Crippen LogP contribution in [0.5, 0.6) is 0 Å². The maximum Gasteiger partial charge on any atom is 0.305 e. The van der Waals surface area contributed by atoms with Gasteiger partial charge in [0.15, 0.2) is 0 Å². The summed E-state index contributed by atoms with van der Waals surface area (Å²) in [5, 5.41) is 64.5. The van der Waals surface area contributed by atoms with Gasteiger partial charge in [0.25, 0.3) is 0 Å². The normalized spacial score (nSPS) is 14.2. The highest BCUT2D eigenvalue weighted by atomic mass is 19.1. The molecule has 1 heterocycles. The van der Waals surface area contributed by atoms with Crippen molar-refractivity contribution in [1.82, 2.24) is 63.1 Å². The highest BCUT2D eigenvalue weighted by molar-refractivity contribution is 6.00. The summed E-state index contributed by atoms with van der Waals surface area (Å²) in [7, 11) is 0. The summed E-state index contributed by atoms with van der Waals surface area (Å²) in [5.74, 6) is -16.1. The molecule has 5 aromatic carbocycles. The Labute approximate surface area is 610 Å². The minimum Gasteiger partial charge on any atom is -0.481 e. The first-order valence-corrected chi connectivity index (χ1v) is 34.3. The van der Waals surface area contributed by atoms with Gasteiger partial charge in [-0.1, -0.05) is 142 Å². The van der Waals surface area contributed by atoms with Crippen molar-refractivity contribution in [2.75, 3.05) is 13.2 Å². The van der Waals surface area contributed by atoms with Gasteiger partial charge in [-0.25, -0.2) is 9.37 Å². The Morgan fingerprint density at radius 1 is 0.519 bits per heavy atom. The van der Waals surface area contributed by atoms with Crippen molar-refractivity contribution in [2.24, 2.45) is 11.5 Å². The molecule has 32 heteroatoms. The Balaban J connectivity index is 1.15. The van der Waals surface area contributed by atoms with E-state index in [1.807, 2.05) is 74.5 Å². The van der Waals surface area contributed by atoms with E-state index in [9.17, 15) is 82.8 Å². The Morgan fingerprint density at radius 3 is 1.57 bits per heavy atom. The number of hydrogen-bond acceptors (Lipinski definition) is 17. The van der Waals surface area contributed by atoms with Crippen molar-refractivity contribution in [3.63, 3.8) is 0 Å². The van der Waals surface area contributed by atoms with E-state index in [2.05, 4.69) is 63.1 Å². The summed E-state index contributed by atoms with van der Waals surface area (Å²) in [5.41, 5.74) is 19.0. The fourth-order valence-corrected chi connectivity index (χ4v) is 11.2. The van der Waals surface area contributed by atoms with Crippen LogP contribution in [-0.4, -0.2) is 187 Å². The third-order valence-electron chi connectivity index (χ3n) is 17.2. The maximum absolute atomic E-state index is 15.3. The van der Waals surface area contributed by atoms with Crippen LogP contribution < -0.4 is 64.6 Å². The van der Waals surface area contributed by atoms with Crippen LogP contribution >= 0.6 is 0 Å². The molecule has 19 N–H and O–H groups in total.